The van der Waals surface area contributed by atoms with Gasteiger partial charge in [0.1, 0.15) is 5.82 Å². The van der Waals surface area contributed by atoms with Crippen molar-refractivity contribution in [3.63, 3.8) is 0 Å². The number of nitrogens with zero attached hydrogens (tertiary/aromatic N) is 1. The monoisotopic (exact) mass is 293 g/mol. The molecule has 0 heterocycles. The molecule has 1 atom stereocenters. The van der Waals surface area contributed by atoms with Gasteiger partial charge in [0.05, 0.1) is 0 Å². The first-order valence-corrected chi connectivity index (χ1v) is 8.03. The second-order valence-electron chi connectivity index (χ2n) is 6.95. The first-order chi connectivity index (χ1) is 9.97. The third-order valence-electron chi connectivity index (χ3n) is 5.27. The Morgan fingerprint density at radius 3 is 2.52 bits per heavy atom. The van der Waals surface area contributed by atoms with E-state index in [0.29, 0.717) is 0 Å². The van der Waals surface area contributed by atoms with Crippen LogP contribution >= 0.6 is 0 Å². The van der Waals surface area contributed by atoms with E-state index >= 15 is 0 Å². The maximum absolute atomic E-state index is 13.9. The van der Waals surface area contributed by atoms with Crippen LogP contribution in [0.1, 0.15) is 51.1 Å². The van der Waals surface area contributed by atoms with Crippen molar-refractivity contribution in [3.05, 3.63) is 35.6 Å². The Balaban J connectivity index is 2.06. The minimum Gasteiger partial charge on any atom is -0.396 e. The summed E-state index contributed by atoms with van der Waals surface area (Å²) in [4.78, 5) is 2.19. The minimum absolute atomic E-state index is 0.0131. The molecule has 1 saturated carbocycles. The van der Waals surface area contributed by atoms with Gasteiger partial charge in [0.25, 0.3) is 0 Å². The van der Waals surface area contributed by atoms with E-state index in [2.05, 4.69) is 11.8 Å². The van der Waals surface area contributed by atoms with Crippen molar-refractivity contribution in [3.8, 4) is 0 Å². The van der Waals surface area contributed by atoms with Crippen LogP contribution in [0.3, 0.4) is 0 Å². The maximum Gasteiger partial charge on any atom is 0.127 e. The van der Waals surface area contributed by atoms with Crippen LogP contribution in [0.4, 0.5) is 4.39 Å². The summed E-state index contributed by atoms with van der Waals surface area (Å²) in [5, 5.41) is 9.88. The van der Waals surface area contributed by atoms with Crippen molar-refractivity contribution in [1.29, 1.82) is 0 Å². The fraction of sp³-hybridized carbons (Fsp3) is 0.667. The summed E-state index contributed by atoms with van der Waals surface area (Å²) in [5.74, 6) is 0.617. The molecule has 0 bridgehead atoms. The summed E-state index contributed by atoms with van der Waals surface area (Å²) in [6.45, 7) is 5.38. The summed E-state index contributed by atoms with van der Waals surface area (Å²) in [6, 6.07) is 7.00. The van der Waals surface area contributed by atoms with Crippen molar-refractivity contribution < 1.29 is 9.50 Å². The average Bonchev–Trinajstić information content (AvgIpc) is 2.49. The maximum atomic E-state index is 13.9. The highest BCUT2D eigenvalue weighted by molar-refractivity contribution is 5.20. The van der Waals surface area contributed by atoms with E-state index in [-0.39, 0.29) is 23.9 Å². The number of halogens is 1. The number of benzene rings is 1. The van der Waals surface area contributed by atoms with Crippen LogP contribution in [0, 0.1) is 17.2 Å². The van der Waals surface area contributed by atoms with Gasteiger partial charge in [0, 0.05) is 30.2 Å². The van der Waals surface area contributed by atoms with E-state index in [1.807, 2.05) is 26.1 Å². The smallest absolute Gasteiger partial charge is 0.127 e. The Hall–Kier alpha value is -0.930. The van der Waals surface area contributed by atoms with Crippen LogP contribution in [-0.4, -0.2) is 30.2 Å². The molecule has 0 aromatic heterocycles. The Morgan fingerprint density at radius 2 is 1.95 bits per heavy atom. The zero-order valence-corrected chi connectivity index (χ0v) is 13.5. The number of aliphatic hydroxyl groups is 1. The molecule has 118 valence electrons. The molecule has 21 heavy (non-hydrogen) atoms. The van der Waals surface area contributed by atoms with Gasteiger partial charge in [-0.15, -0.1) is 0 Å². The van der Waals surface area contributed by atoms with Crippen LogP contribution in [0.5, 0.6) is 0 Å². The molecule has 3 heteroatoms. The first-order valence-electron chi connectivity index (χ1n) is 8.03. The normalized spacial score (nSPS) is 27.8. The molecule has 0 spiro atoms. The highest BCUT2D eigenvalue weighted by atomic mass is 19.1. The van der Waals surface area contributed by atoms with Gasteiger partial charge in [-0.05, 0) is 38.8 Å². The molecule has 0 saturated heterocycles. The van der Waals surface area contributed by atoms with E-state index in [1.54, 1.807) is 6.07 Å². The highest BCUT2D eigenvalue weighted by Gasteiger charge is 2.35. The summed E-state index contributed by atoms with van der Waals surface area (Å²) in [6.07, 6.45) is 4.50. The highest BCUT2D eigenvalue weighted by Crippen LogP contribution is 2.40. The molecule has 1 fully saturated rings. The topological polar surface area (TPSA) is 23.5 Å². The summed E-state index contributed by atoms with van der Waals surface area (Å²) >= 11 is 0. The molecule has 0 radical (unpaired) electrons. The fourth-order valence-electron chi connectivity index (χ4n) is 3.46. The van der Waals surface area contributed by atoms with Gasteiger partial charge >= 0.3 is 0 Å². The van der Waals surface area contributed by atoms with Gasteiger partial charge in [0.2, 0.25) is 0 Å². The second kappa shape index (κ2) is 6.89. The van der Waals surface area contributed by atoms with Gasteiger partial charge in [-0.1, -0.05) is 38.0 Å². The van der Waals surface area contributed by atoms with Crippen LogP contribution in [0.2, 0.25) is 0 Å². The lowest BCUT2D eigenvalue weighted by atomic mass is 9.71. The lowest BCUT2D eigenvalue weighted by Gasteiger charge is -2.42. The van der Waals surface area contributed by atoms with E-state index in [1.165, 1.54) is 18.9 Å². The molecular formula is C18H28FNO. The van der Waals surface area contributed by atoms with Gasteiger partial charge < -0.3 is 5.11 Å². The van der Waals surface area contributed by atoms with Crippen molar-refractivity contribution in [1.82, 2.24) is 4.90 Å². The predicted octanol–water partition coefficient (Wildman–Crippen LogP) is 4.01. The zero-order valence-electron chi connectivity index (χ0n) is 13.5. The molecular weight excluding hydrogens is 265 g/mol. The van der Waals surface area contributed by atoms with Crippen molar-refractivity contribution in [2.24, 2.45) is 11.3 Å². The summed E-state index contributed by atoms with van der Waals surface area (Å²) in [5.41, 5.74) is 0.720. The molecule has 1 N–H and O–H groups in total. The van der Waals surface area contributed by atoms with Crippen LogP contribution in [-0.2, 0) is 0 Å². The van der Waals surface area contributed by atoms with Gasteiger partial charge in [-0.3, -0.25) is 4.90 Å². The zero-order chi connectivity index (χ0) is 15.5. The van der Waals surface area contributed by atoms with Gasteiger partial charge in [-0.2, -0.15) is 0 Å². The SMILES string of the molecule is CC1CCC(CO)(CN(C)C(C)c2ccccc2F)CC1. The lowest BCUT2D eigenvalue weighted by molar-refractivity contribution is 0.0263. The van der Waals surface area contributed by atoms with Crippen molar-refractivity contribution in [2.45, 2.75) is 45.6 Å². The van der Waals surface area contributed by atoms with Crippen LogP contribution < -0.4 is 0 Å². The summed E-state index contributed by atoms with van der Waals surface area (Å²) < 4.78 is 13.9. The molecule has 2 nitrogen and oxygen atoms in total. The quantitative estimate of drug-likeness (QED) is 0.886. The molecule has 1 aliphatic rings. The number of rotatable bonds is 5. The molecule has 2 rings (SSSR count). The Kier molecular flexibility index (Phi) is 5.39. The first kappa shape index (κ1) is 16.4. The van der Waals surface area contributed by atoms with Crippen molar-refractivity contribution >= 4 is 0 Å². The number of hydrogen-bond donors (Lipinski definition) is 1. The van der Waals surface area contributed by atoms with Crippen LogP contribution in [0.15, 0.2) is 24.3 Å². The molecule has 0 amide bonds. The van der Waals surface area contributed by atoms with E-state index in [0.717, 1.165) is 30.9 Å². The largest absolute Gasteiger partial charge is 0.396 e. The second-order valence-corrected chi connectivity index (χ2v) is 6.95. The average molecular weight is 293 g/mol. The lowest BCUT2D eigenvalue weighted by Crippen LogP contribution is -2.42. The fourth-order valence-corrected chi connectivity index (χ4v) is 3.46. The standard InChI is InChI=1S/C18H28FNO/c1-14-8-10-18(13-21,11-9-14)12-20(3)15(2)16-6-4-5-7-17(16)19/h4-7,14-15,21H,8-13H2,1-3H3. The van der Waals surface area contributed by atoms with Crippen LogP contribution in [0.25, 0.3) is 0 Å². The third kappa shape index (κ3) is 3.83. The third-order valence-corrected chi connectivity index (χ3v) is 5.27. The van der Waals surface area contributed by atoms with Gasteiger partial charge in [0.15, 0.2) is 0 Å². The van der Waals surface area contributed by atoms with E-state index in [4.69, 9.17) is 0 Å². The molecule has 1 aliphatic carbocycles. The van der Waals surface area contributed by atoms with E-state index < -0.39 is 0 Å². The molecule has 1 aromatic carbocycles. The Morgan fingerprint density at radius 1 is 1.33 bits per heavy atom. The molecule has 1 unspecified atom stereocenters. The molecule has 1 aromatic rings. The Labute approximate surface area is 128 Å². The van der Waals surface area contributed by atoms with Crippen molar-refractivity contribution in [2.75, 3.05) is 20.2 Å². The number of hydrogen-bond acceptors (Lipinski definition) is 2. The predicted molar refractivity (Wildman–Crippen MR) is 84.6 cm³/mol. The summed E-state index contributed by atoms with van der Waals surface area (Å²) in [7, 11) is 2.03. The van der Waals surface area contributed by atoms with Gasteiger partial charge in [-0.25, -0.2) is 4.39 Å². The molecule has 0 aliphatic heterocycles. The number of aliphatic hydroxyl groups excluding tert-OH is 1. The Bertz CT molecular complexity index is 454. The van der Waals surface area contributed by atoms with E-state index in [9.17, 15) is 9.50 Å². The minimum atomic E-state index is -0.146.